The molecule has 0 saturated carbocycles. The molecule has 2 heteroatoms. The predicted molar refractivity (Wildman–Crippen MR) is 54.5 cm³/mol. The Kier molecular flexibility index (Phi) is 4.18. The first kappa shape index (κ1) is 11.7. The molecule has 72 valence electrons. The maximum Gasteiger partial charge on any atom is 0.332 e. The summed E-state index contributed by atoms with van der Waals surface area (Å²) in [5, 5.41) is 8.88. The third kappa shape index (κ3) is 4.31. The van der Waals surface area contributed by atoms with Gasteiger partial charge in [0.15, 0.2) is 0 Å². The van der Waals surface area contributed by atoms with Crippen LogP contribution in [-0.4, -0.2) is 11.1 Å². The lowest BCUT2D eigenvalue weighted by Crippen LogP contribution is -2.17. The number of hydrogen-bond acceptors (Lipinski definition) is 1. The van der Waals surface area contributed by atoms with Crippen molar-refractivity contribution in [3.63, 3.8) is 0 Å². The Morgan fingerprint density at radius 2 is 1.85 bits per heavy atom. The van der Waals surface area contributed by atoms with Crippen LogP contribution in [0.25, 0.3) is 0 Å². The summed E-state index contributed by atoms with van der Waals surface area (Å²) < 4.78 is 0. The third-order valence-corrected chi connectivity index (χ3v) is 1.55. The molecular weight excluding hydrogens is 164 g/mol. The number of carbonyl (C=O) groups is 1. The fourth-order valence-corrected chi connectivity index (χ4v) is 0.872. The van der Waals surface area contributed by atoms with Gasteiger partial charge in [-0.15, -0.1) is 0 Å². The van der Waals surface area contributed by atoms with Gasteiger partial charge in [0.25, 0.3) is 0 Å². The van der Waals surface area contributed by atoms with Crippen molar-refractivity contribution >= 4 is 5.97 Å². The van der Waals surface area contributed by atoms with Crippen molar-refractivity contribution in [1.29, 1.82) is 0 Å². The topological polar surface area (TPSA) is 37.3 Å². The fourth-order valence-electron chi connectivity index (χ4n) is 0.872. The number of carboxylic acids is 1. The Morgan fingerprint density at radius 1 is 1.31 bits per heavy atom. The second-order valence-electron chi connectivity index (χ2n) is 3.76. The average Bonchev–Trinajstić information content (AvgIpc) is 1.94. The lowest BCUT2D eigenvalue weighted by atomic mass is 9.86. The molecule has 0 bridgehead atoms. The van der Waals surface area contributed by atoms with E-state index in [1.165, 1.54) is 0 Å². The third-order valence-electron chi connectivity index (χ3n) is 1.55. The van der Waals surface area contributed by atoms with Crippen molar-refractivity contribution in [2.45, 2.75) is 20.8 Å². The molecule has 0 aliphatic heterocycles. The normalized spacial score (nSPS) is 13.3. The lowest BCUT2D eigenvalue weighted by molar-refractivity contribution is -0.133. The number of rotatable bonds is 3. The van der Waals surface area contributed by atoms with Gasteiger partial charge >= 0.3 is 5.97 Å². The molecule has 0 aliphatic rings. The molecule has 0 aromatic heterocycles. The first-order valence-electron chi connectivity index (χ1n) is 4.12. The van der Waals surface area contributed by atoms with E-state index in [2.05, 4.69) is 6.58 Å². The highest BCUT2D eigenvalue weighted by molar-refractivity contribution is 5.88. The number of allylic oxidation sites excluding steroid dienone is 4. The van der Waals surface area contributed by atoms with Crippen LogP contribution in [0.2, 0.25) is 0 Å². The van der Waals surface area contributed by atoms with Crippen molar-refractivity contribution in [3.05, 3.63) is 36.5 Å². The van der Waals surface area contributed by atoms with E-state index < -0.39 is 5.97 Å². The SMILES string of the molecule is C=CC=CC=C(C(=O)O)C(C)(C)C. The first-order chi connectivity index (χ1) is 5.89. The van der Waals surface area contributed by atoms with E-state index >= 15 is 0 Å². The summed E-state index contributed by atoms with van der Waals surface area (Å²) in [5.41, 5.74) is 0.0581. The molecule has 0 heterocycles. The zero-order valence-electron chi connectivity index (χ0n) is 8.37. The quantitative estimate of drug-likeness (QED) is 0.535. The van der Waals surface area contributed by atoms with E-state index in [1.807, 2.05) is 20.8 Å². The smallest absolute Gasteiger partial charge is 0.332 e. The molecule has 0 amide bonds. The molecule has 0 aromatic rings. The molecule has 0 radical (unpaired) electrons. The van der Waals surface area contributed by atoms with Gasteiger partial charge < -0.3 is 5.11 Å². The van der Waals surface area contributed by atoms with Gasteiger partial charge in [-0.1, -0.05) is 51.7 Å². The molecule has 0 aliphatic carbocycles. The molecule has 1 N–H and O–H groups in total. The Bertz CT molecular complexity index is 252. The van der Waals surface area contributed by atoms with Gasteiger partial charge in [0.1, 0.15) is 0 Å². The molecule has 0 unspecified atom stereocenters. The first-order valence-corrected chi connectivity index (χ1v) is 4.12. The van der Waals surface area contributed by atoms with E-state index in [0.717, 1.165) is 0 Å². The minimum absolute atomic E-state index is 0.336. The van der Waals surface area contributed by atoms with Gasteiger partial charge in [-0.05, 0) is 5.41 Å². The van der Waals surface area contributed by atoms with Gasteiger partial charge in [-0.2, -0.15) is 0 Å². The molecule has 13 heavy (non-hydrogen) atoms. The van der Waals surface area contributed by atoms with Crippen LogP contribution in [0.1, 0.15) is 20.8 Å². The summed E-state index contributed by atoms with van der Waals surface area (Å²) in [6.07, 6.45) is 6.60. The largest absolute Gasteiger partial charge is 0.478 e. The second kappa shape index (κ2) is 4.65. The molecule has 0 rings (SSSR count). The molecular formula is C11H16O2. The van der Waals surface area contributed by atoms with Crippen molar-refractivity contribution in [1.82, 2.24) is 0 Å². The van der Waals surface area contributed by atoms with Crippen molar-refractivity contribution in [3.8, 4) is 0 Å². The minimum atomic E-state index is -0.874. The van der Waals surface area contributed by atoms with Crippen LogP contribution in [0.3, 0.4) is 0 Å². The molecule has 0 saturated heterocycles. The van der Waals surface area contributed by atoms with Crippen LogP contribution in [-0.2, 0) is 4.79 Å². The minimum Gasteiger partial charge on any atom is -0.478 e. The van der Waals surface area contributed by atoms with Gasteiger partial charge in [-0.3, -0.25) is 0 Å². The van der Waals surface area contributed by atoms with Crippen molar-refractivity contribution in [2.75, 3.05) is 0 Å². The van der Waals surface area contributed by atoms with Crippen LogP contribution in [0.15, 0.2) is 36.5 Å². The van der Waals surface area contributed by atoms with E-state index in [-0.39, 0.29) is 5.41 Å². The second-order valence-corrected chi connectivity index (χ2v) is 3.76. The van der Waals surface area contributed by atoms with Gasteiger partial charge in [0, 0.05) is 5.57 Å². The molecule has 0 aromatic carbocycles. The van der Waals surface area contributed by atoms with E-state index in [4.69, 9.17) is 5.11 Å². The summed E-state index contributed by atoms with van der Waals surface area (Å²) in [6.45, 7) is 9.11. The van der Waals surface area contributed by atoms with Gasteiger partial charge in [0.05, 0.1) is 0 Å². The summed E-state index contributed by atoms with van der Waals surface area (Å²) >= 11 is 0. The zero-order valence-corrected chi connectivity index (χ0v) is 8.37. The highest BCUT2D eigenvalue weighted by atomic mass is 16.4. The Morgan fingerprint density at radius 3 is 2.15 bits per heavy atom. The number of hydrogen-bond donors (Lipinski definition) is 1. The number of aliphatic carboxylic acids is 1. The van der Waals surface area contributed by atoms with Gasteiger partial charge in [0.2, 0.25) is 0 Å². The van der Waals surface area contributed by atoms with Gasteiger partial charge in [-0.25, -0.2) is 4.79 Å². The van der Waals surface area contributed by atoms with Crippen LogP contribution in [0.5, 0.6) is 0 Å². The van der Waals surface area contributed by atoms with Crippen molar-refractivity contribution < 1.29 is 9.90 Å². The van der Waals surface area contributed by atoms with Crippen molar-refractivity contribution in [2.24, 2.45) is 5.41 Å². The lowest BCUT2D eigenvalue weighted by Gasteiger charge is -2.18. The van der Waals surface area contributed by atoms with E-state index in [1.54, 1.807) is 24.3 Å². The predicted octanol–water partition coefficient (Wildman–Crippen LogP) is 2.79. The standard InChI is InChI=1S/C11H16O2/c1-5-6-7-8-9(10(12)13)11(2,3)4/h5-8H,1H2,2-4H3,(H,12,13). The summed E-state index contributed by atoms with van der Waals surface area (Å²) in [7, 11) is 0. The van der Waals surface area contributed by atoms with Crippen LogP contribution >= 0.6 is 0 Å². The van der Waals surface area contributed by atoms with Crippen LogP contribution in [0.4, 0.5) is 0 Å². The average molecular weight is 180 g/mol. The number of carboxylic acid groups (broad SMARTS) is 1. The molecule has 2 nitrogen and oxygen atoms in total. The zero-order chi connectivity index (χ0) is 10.5. The maximum absolute atomic E-state index is 10.8. The van der Waals surface area contributed by atoms with Crippen LogP contribution in [0, 0.1) is 5.41 Å². The molecule has 0 spiro atoms. The summed E-state index contributed by atoms with van der Waals surface area (Å²) in [5.74, 6) is -0.874. The van der Waals surface area contributed by atoms with Crippen LogP contribution < -0.4 is 0 Å². The Balaban J connectivity index is 4.82. The molecule has 0 atom stereocenters. The molecule has 0 fully saturated rings. The monoisotopic (exact) mass is 180 g/mol. The highest BCUT2D eigenvalue weighted by Gasteiger charge is 2.22. The summed E-state index contributed by atoms with van der Waals surface area (Å²) in [6, 6.07) is 0. The Hall–Kier alpha value is -1.31. The fraction of sp³-hybridized carbons (Fsp3) is 0.364. The van der Waals surface area contributed by atoms with E-state index in [9.17, 15) is 4.79 Å². The summed E-state index contributed by atoms with van der Waals surface area (Å²) in [4.78, 5) is 10.8. The Labute approximate surface area is 79.3 Å². The maximum atomic E-state index is 10.8. The highest BCUT2D eigenvalue weighted by Crippen LogP contribution is 2.25. The van der Waals surface area contributed by atoms with E-state index in [0.29, 0.717) is 5.57 Å².